The van der Waals surface area contributed by atoms with Crippen LogP contribution in [0.3, 0.4) is 0 Å². The molecule has 0 bridgehead atoms. The highest BCUT2D eigenvalue weighted by Crippen LogP contribution is 2.28. The molecule has 1 unspecified atom stereocenters. The van der Waals surface area contributed by atoms with E-state index in [4.69, 9.17) is 5.73 Å². The Kier molecular flexibility index (Phi) is 5.74. The number of nitrogens with two attached hydrogens (primary N) is 1. The van der Waals surface area contributed by atoms with Gasteiger partial charge in [-0.15, -0.1) is 0 Å². The van der Waals surface area contributed by atoms with Crippen LogP contribution in [0.15, 0.2) is 78.3 Å². The normalized spacial score (nSPS) is 15.8. The summed E-state index contributed by atoms with van der Waals surface area (Å²) >= 11 is 0. The second kappa shape index (κ2) is 8.80. The van der Waals surface area contributed by atoms with Crippen LogP contribution in [0.1, 0.15) is 11.3 Å². The van der Waals surface area contributed by atoms with Gasteiger partial charge < -0.3 is 10.6 Å². The predicted molar refractivity (Wildman–Crippen MR) is 118 cm³/mol. The van der Waals surface area contributed by atoms with E-state index in [-0.39, 0.29) is 12.2 Å². The Bertz CT molecular complexity index is 1300. The molecule has 2 heterocycles. The first kappa shape index (κ1) is 21.5. The van der Waals surface area contributed by atoms with Crippen molar-refractivity contribution < 1.29 is 14.6 Å². The number of amides is 1. The lowest BCUT2D eigenvalue weighted by Gasteiger charge is -2.17. The van der Waals surface area contributed by atoms with E-state index in [9.17, 15) is 25.0 Å². The molecule has 0 saturated heterocycles. The molecule has 1 atom stereocenters. The SMILES string of the molecule is NC1N=C(c2ccccc2)C=CN(Cc2cn(-c3ccc([N+](=O)[O-])cc3[N+](=O)[O-])cn2)C1=O. The summed E-state index contributed by atoms with van der Waals surface area (Å²) in [5.41, 5.74) is 7.03. The minimum Gasteiger partial charge on any atom is -0.310 e. The van der Waals surface area contributed by atoms with E-state index in [1.54, 1.807) is 12.3 Å². The van der Waals surface area contributed by atoms with Crippen molar-refractivity contribution in [3.8, 4) is 5.69 Å². The summed E-state index contributed by atoms with van der Waals surface area (Å²) in [5.74, 6) is -0.437. The first-order valence-electron chi connectivity index (χ1n) is 9.67. The number of hydrogen-bond donors (Lipinski definition) is 1. The third-order valence-electron chi connectivity index (χ3n) is 4.91. The average Bonchev–Trinajstić information content (AvgIpc) is 3.23. The lowest BCUT2D eigenvalue weighted by Crippen LogP contribution is -2.39. The molecule has 4 rings (SSSR count). The number of aliphatic imine (C=N–C) groups is 1. The van der Waals surface area contributed by atoms with Gasteiger partial charge in [0.25, 0.3) is 17.3 Å². The van der Waals surface area contributed by atoms with Gasteiger partial charge in [0.15, 0.2) is 6.17 Å². The number of aromatic nitrogens is 2. The maximum Gasteiger partial charge on any atom is 0.300 e. The van der Waals surface area contributed by atoms with E-state index in [0.717, 1.165) is 11.6 Å². The zero-order valence-electron chi connectivity index (χ0n) is 17.0. The van der Waals surface area contributed by atoms with Gasteiger partial charge in [-0.05, 0) is 17.7 Å². The summed E-state index contributed by atoms with van der Waals surface area (Å²) in [7, 11) is 0. The van der Waals surface area contributed by atoms with E-state index in [2.05, 4.69) is 9.98 Å². The highest BCUT2D eigenvalue weighted by Gasteiger charge is 2.24. The van der Waals surface area contributed by atoms with Gasteiger partial charge in [0, 0.05) is 18.5 Å². The Morgan fingerprint density at radius 3 is 2.52 bits per heavy atom. The van der Waals surface area contributed by atoms with Crippen molar-refractivity contribution in [2.75, 3.05) is 0 Å². The highest BCUT2D eigenvalue weighted by atomic mass is 16.6. The van der Waals surface area contributed by atoms with Crippen molar-refractivity contribution in [1.29, 1.82) is 0 Å². The molecule has 0 fully saturated rings. The van der Waals surface area contributed by atoms with Crippen molar-refractivity contribution in [2.45, 2.75) is 12.7 Å². The number of nitro groups is 2. The monoisotopic (exact) mass is 447 g/mol. The fourth-order valence-corrected chi connectivity index (χ4v) is 3.30. The van der Waals surface area contributed by atoms with Crippen LogP contribution < -0.4 is 5.73 Å². The maximum atomic E-state index is 12.7. The molecular formula is C21H17N7O5. The Morgan fingerprint density at radius 1 is 1.06 bits per heavy atom. The summed E-state index contributed by atoms with van der Waals surface area (Å²) in [6.07, 6.45) is 4.98. The first-order chi connectivity index (χ1) is 15.8. The van der Waals surface area contributed by atoms with E-state index in [1.807, 2.05) is 30.3 Å². The quantitative estimate of drug-likeness (QED) is 0.447. The molecule has 1 aliphatic rings. The van der Waals surface area contributed by atoms with Gasteiger partial charge in [-0.3, -0.25) is 34.6 Å². The Balaban J connectivity index is 1.59. The molecule has 12 nitrogen and oxygen atoms in total. The first-order valence-corrected chi connectivity index (χ1v) is 9.67. The van der Waals surface area contributed by atoms with Crippen molar-refractivity contribution in [3.63, 3.8) is 0 Å². The molecule has 1 aliphatic heterocycles. The van der Waals surface area contributed by atoms with Gasteiger partial charge in [0.05, 0.1) is 40.2 Å². The molecular weight excluding hydrogens is 430 g/mol. The molecule has 3 aromatic rings. The number of nitro benzene ring substituents is 2. The van der Waals surface area contributed by atoms with Gasteiger partial charge >= 0.3 is 0 Å². The highest BCUT2D eigenvalue weighted by molar-refractivity contribution is 6.10. The fourth-order valence-electron chi connectivity index (χ4n) is 3.30. The number of benzene rings is 2. The molecule has 0 spiro atoms. The zero-order valence-corrected chi connectivity index (χ0v) is 17.0. The molecule has 2 N–H and O–H groups in total. The minimum atomic E-state index is -1.10. The lowest BCUT2D eigenvalue weighted by atomic mass is 10.1. The van der Waals surface area contributed by atoms with Crippen LogP contribution >= 0.6 is 0 Å². The molecule has 1 amide bonds. The average molecular weight is 447 g/mol. The molecule has 0 aliphatic carbocycles. The summed E-state index contributed by atoms with van der Waals surface area (Å²) in [6.45, 7) is 0.0500. The number of carbonyl (C=O) groups is 1. The number of rotatable bonds is 6. The van der Waals surface area contributed by atoms with E-state index in [0.29, 0.717) is 11.4 Å². The summed E-state index contributed by atoms with van der Waals surface area (Å²) in [6, 6.07) is 12.6. The zero-order chi connectivity index (χ0) is 23.5. The Labute approximate surface area is 186 Å². The number of non-ortho nitro benzene ring substituents is 1. The van der Waals surface area contributed by atoms with Crippen LogP contribution in [0.2, 0.25) is 0 Å². The van der Waals surface area contributed by atoms with Crippen LogP contribution in [0.4, 0.5) is 11.4 Å². The lowest BCUT2D eigenvalue weighted by molar-refractivity contribution is -0.394. The third kappa shape index (κ3) is 4.50. The molecule has 12 heteroatoms. The summed E-state index contributed by atoms with van der Waals surface area (Å²) in [5, 5.41) is 22.4. The Morgan fingerprint density at radius 2 is 1.82 bits per heavy atom. The largest absolute Gasteiger partial charge is 0.310 e. The van der Waals surface area contributed by atoms with Crippen molar-refractivity contribution in [3.05, 3.63) is 105 Å². The molecule has 166 valence electrons. The number of carbonyl (C=O) groups excluding carboxylic acids is 1. The molecule has 2 aromatic carbocycles. The van der Waals surface area contributed by atoms with E-state index in [1.165, 1.54) is 34.1 Å². The van der Waals surface area contributed by atoms with E-state index < -0.39 is 33.3 Å². The predicted octanol–water partition coefficient (Wildman–Crippen LogP) is 2.32. The second-order valence-corrected chi connectivity index (χ2v) is 7.07. The van der Waals surface area contributed by atoms with Crippen molar-refractivity contribution in [2.24, 2.45) is 10.7 Å². The molecule has 0 saturated carbocycles. The van der Waals surface area contributed by atoms with Gasteiger partial charge in [-0.1, -0.05) is 30.3 Å². The molecule has 33 heavy (non-hydrogen) atoms. The van der Waals surface area contributed by atoms with Crippen LogP contribution in [0, 0.1) is 20.2 Å². The second-order valence-electron chi connectivity index (χ2n) is 7.07. The smallest absolute Gasteiger partial charge is 0.300 e. The van der Waals surface area contributed by atoms with Gasteiger partial charge in [0.1, 0.15) is 5.69 Å². The number of imidazole rings is 1. The molecule has 0 radical (unpaired) electrons. The summed E-state index contributed by atoms with van der Waals surface area (Å²) in [4.78, 5) is 43.5. The van der Waals surface area contributed by atoms with E-state index >= 15 is 0 Å². The number of allylic oxidation sites excluding steroid dienone is 1. The van der Waals surface area contributed by atoms with Crippen LogP contribution in [0.25, 0.3) is 5.69 Å². The molecule has 1 aromatic heterocycles. The maximum absolute atomic E-state index is 12.7. The summed E-state index contributed by atoms with van der Waals surface area (Å²) < 4.78 is 1.37. The third-order valence-corrected chi connectivity index (χ3v) is 4.91. The van der Waals surface area contributed by atoms with Crippen LogP contribution in [-0.4, -0.2) is 42.1 Å². The number of nitrogens with zero attached hydrogens (tertiary/aromatic N) is 6. The van der Waals surface area contributed by atoms with Gasteiger partial charge in [0.2, 0.25) is 0 Å². The topological polar surface area (TPSA) is 163 Å². The standard InChI is InChI=1S/C21H17N7O5/c22-20-21(29)25(9-8-17(24-20)14-4-2-1-3-5-14)11-15-12-26(13-23-15)18-7-6-16(27(30)31)10-19(18)28(32)33/h1-10,12-13,20H,11,22H2. The minimum absolute atomic E-state index is 0.0500. The van der Waals surface area contributed by atoms with Crippen molar-refractivity contribution in [1.82, 2.24) is 14.5 Å². The van der Waals surface area contributed by atoms with Crippen molar-refractivity contribution >= 4 is 23.0 Å². The van der Waals surface area contributed by atoms with Crippen LogP contribution in [0.5, 0.6) is 0 Å². The van der Waals surface area contributed by atoms with Crippen LogP contribution in [-0.2, 0) is 11.3 Å². The number of hydrogen-bond acceptors (Lipinski definition) is 8. The Hall–Kier alpha value is -4.71. The van der Waals surface area contributed by atoms with Gasteiger partial charge in [-0.25, -0.2) is 4.98 Å². The fraction of sp³-hybridized carbons (Fsp3) is 0.0952. The van der Waals surface area contributed by atoms with Gasteiger partial charge in [-0.2, -0.15) is 0 Å².